The monoisotopic (exact) mass is 291 g/mol. The first kappa shape index (κ1) is 16.3. The number of hydrogen-bond acceptors (Lipinski definition) is 3. The van der Waals surface area contributed by atoms with E-state index in [1.54, 1.807) is 0 Å². The third-order valence-electron chi connectivity index (χ3n) is 5.14. The van der Waals surface area contributed by atoms with Crippen LogP contribution in [0, 0.1) is 23.2 Å². The van der Waals surface area contributed by atoms with Crippen LogP contribution in [0.15, 0.2) is 0 Å². The quantitative estimate of drug-likeness (QED) is 0.732. The van der Waals surface area contributed by atoms with Gasteiger partial charge in [-0.2, -0.15) is 5.26 Å². The Kier molecular flexibility index (Phi) is 6.50. The molecule has 21 heavy (non-hydrogen) atoms. The van der Waals surface area contributed by atoms with Gasteiger partial charge in [-0.05, 0) is 31.6 Å². The van der Waals surface area contributed by atoms with E-state index in [0.29, 0.717) is 12.5 Å². The van der Waals surface area contributed by atoms with Crippen molar-refractivity contribution in [1.29, 1.82) is 5.26 Å². The van der Waals surface area contributed by atoms with Crippen LogP contribution in [-0.4, -0.2) is 48.4 Å². The van der Waals surface area contributed by atoms with Crippen molar-refractivity contribution < 1.29 is 4.79 Å². The van der Waals surface area contributed by atoms with Gasteiger partial charge in [-0.25, -0.2) is 0 Å². The Morgan fingerprint density at radius 1 is 1.14 bits per heavy atom. The van der Waals surface area contributed by atoms with Gasteiger partial charge in [0.05, 0.1) is 12.6 Å². The van der Waals surface area contributed by atoms with Crippen molar-refractivity contribution in [2.75, 3.05) is 32.7 Å². The Morgan fingerprint density at radius 3 is 2.38 bits per heavy atom. The third kappa shape index (κ3) is 4.71. The first-order chi connectivity index (χ1) is 10.2. The fourth-order valence-electron chi connectivity index (χ4n) is 3.68. The number of nitriles is 1. The van der Waals surface area contributed by atoms with E-state index < -0.39 is 0 Å². The molecule has 0 spiro atoms. The number of carbonyl (C=O) groups is 1. The van der Waals surface area contributed by atoms with Crippen LogP contribution in [0.2, 0.25) is 0 Å². The number of hydrogen-bond donors (Lipinski definition) is 0. The van der Waals surface area contributed by atoms with Gasteiger partial charge in [-0.15, -0.1) is 0 Å². The largest absolute Gasteiger partial charge is 0.340 e. The number of carbonyl (C=O) groups excluding carboxylic acids is 1. The Balaban J connectivity index is 1.71. The second-order valence-corrected chi connectivity index (χ2v) is 6.62. The van der Waals surface area contributed by atoms with Crippen LogP contribution in [0.1, 0.15) is 51.9 Å². The number of unbranched alkanes of at least 4 members (excludes halogenated alkanes) is 1. The van der Waals surface area contributed by atoms with Crippen molar-refractivity contribution in [2.45, 2.75) is 51.9 Å². The summed E-state index contributed by atoms with van der Waals surface area (Å²) in [5, 5.41) is 8.71. The van der Waals surface area contributed by atoms with E-state index in [2.05, 4.69) is 17.9 Å². The number of amides is 1. The maximum atomic E-state index is 12.6. The summed E-state index contributed by atoms with van der Waals surface area (Å²) in [7, 11) is 0. The molecule has 0 aromatic heterocycles. The molecule has 1 heterocycles. The Hall–Kier alpha value is -1.08. The number of rotatable bonds is 5. The highest BCUT2D eigenvalue weighted by Gasteiger charge is 2.30. The minimum Gasteiger partial charge on any atom is -0.340 e. The van der Waals surface area contributed by atoms with Gasteiger partial charge in [-0.1, -0.05) is 26.2 Å². The molecule has 1 aliphatic carbocycles. The van der Waals surface area contributed by atoms with E-state index in [9.17, 15) is 4.79 Å². The zero-order chi connectivity index (χ0) is 15.1. The summed E-state index contributed by atoms with van der Waals surface area (Å²) >= 11 is 0. The lowest BCUT2D eigenvalue weighted by Gasteiger charge is -2.37. The first-order valence-electron chi connectivity index (χ1n) is 8.62. The molecule has 1 amide bonds. The smallest absolute Gasteiger partial charge is 0.225 e. The van der Waals surface area contributed by atoms with Gasteiger partial charge in [0.25, 0.3) is 0 Å². The van der Waals surface area contributed by atoms with Crippen molar-refractivity contribution in [3.05, 3.63) is 0 Å². The molecule has 118 valence electrons. The molecular formula is C17H29N3O. The van der Waals surface area contributed by atoms with E-state index in [4.69, 9.17) is 5.26 Å². The molecular weight excluding hydrogens is 262 g/mol. The summed E-state index contributed by atoms with van der Waals surface area (Å²) in [6.07, 6.45) is 8.63. The summed E-state index contributed by atoms with van der Waals surface area (Å²) in [5.74, 6) is 1.51. The van der Waals surface area contributed by atoms with Crippen LogP contribution < -0.4 is 0 Å². The minimum absolute atomic E-state index is 0.269. The van der Waals surface area contributed by atoms with Crippen LogP contribution in [0.4, 0.5) is 0 Å². The summed E-state index contributed by atoms with van der Waals surface area (Å²) in [6, 6.07) is 2.19. The molecule has 0 atom stereocenters. The predicted molar refractivity (Wildman–Crippen MR) is 83.6 cm³/mol. The molecule has 4 nitrogen and oxygen atoms in total. The molecule has 0 unspecified atom stereocenters. The molecule has 0 bridgehead atoms. The van der Waals surface area contributed by atoms with Crippen LogP contribution in [0.3, 0.4) is 0 Å². The van der Waals surface area contributed by atoms with E-state index in [-0.39, 0.29) is 5.92 Å². The van der Waals surface area contributed by atoms with Crippen molar-refractivity contribution in [3.8, 4) is 6.07 Å². The Morgan fingerprint density at radius 2 is 1.81 bits per heavy atom. The summed E-state index contributed by atoms with van der Waals surface area (Å²) < 4.78 is 0. The average molecular weight is 291 g/mol. The summed E-state index contributed by atoms with van der Waals surface area (Å²) in [5.41, 5.74) is 0. The molecule has 0 aromatic rings. The molecule has 2 rings (SSSR count). The van der Waals surface area contributed by atoms with Gasteiger partial charge in [0, 0.05) is 32.1 Å². The zero-order valence-corrected chi connectivity index (χ0v) is 13.4. The molecule has 0 N–H and O–H groups in total. The number of piperazine rings is 1. The molecule has 4 heteroatoms. The predicted octanol–water partition coefficient (Wildman–Crippen LogP) is 2.65. The Bertz CT molecular complexity index is 361. The lowest BCUT2D eigenvalue weighted by Crippen LogP contribution is -2.50. The van der Waals surface area contributed by atoms with Crippen LogP contribution >= 0.6 is 0 Å². The fourth-order valence-corrected chi connectivity index (χ4v) is 3.68. The maximum absolute atomic E-state index is 12.6. The van der Waals surface area contributed by atoms with E-state index in [1.165, 1.54) is 32.1 Å². The molecule has 0 aromatic carbocycles. The average Bonchev–Trinajstić information content (AvgIpc) is 2.54. The lowest BCUT2D eigenvalue weighted by molar-refractivity contribution is -0.138. The van der Waals surface area contributed by atoms with E-state index in [0.717, 1.165) is 44.9 Å². The summed E-state index contributed by atoms with van der Waals surface area (Å²) in [6.45, 7) is 6.05. The van der Waals surface area contributed by atoms with Crippen molar-refractivity contribution in [1.82, 2.24) is 9.80 Å². The highest BCUT2D eigenvalue weighted by Crippen LogP contribution is 2.33. The molecule has 2 aliphatic rings. The van der Waals surface area contributed by atoms with E-state index in [1.807, 2.05) is 4.90 Å². The topological polar surface area (TPSA) is 47.3 Å². The normalized spacial score (nSPS) is 27.3. The van der Waals surface area contributed by atoms with Crippen LogP contribution in [-0.2, 0) is 4.79 Å². The highest BCUT2D eigenvalue weighted by molar-refractivity contribution is 5.79. The molecule has 1 saturated carbocycles. The second-order valence-electron chi connectivity index (χ2n) is 6.62. The van der Waals surface area contributed by atoms with Gasteiger partial charge in [0.15, 0.2) is 0 Å². The first-order valence-corrected chi connectivity index (χ1v) is 8.62. The SMILES string of the molecule is CCCCC1CCC(C(=O)N2CCN(CC#N)CC2)CC1. The van der Waals surface area contributed by atoms with Gasteiger partial charge >= 0.3 is 0 Å². The molecule has 1 aliphatic heterocycles. The van der Waals surface area contributed by atoms with Crippen molar-refractivity contribution in [2.24, 2.45) is 11.8 Å². The third-order valence-corrected chi connectivity index (χ3v) is 5.14. The molecule has 2 fully saturated rings. The zero-order valence-electron chi connectivity index (χ0n) is 13.4. The number of nitrogens with zero attached hydrogens (tertiary/aromatic N) is 3. The van der Waals surface area contributed by atoms with Gasteiger partial charge in [-0.3, -0.25) is 9.69 Å². The van der Waals surface area contributed by atoms with Gasteiger partial charge in [0.2, 0.25) is 5.91 Å². The highest BCUT2D eigenvalue weighted by atomic mass is 16.2. The van der Waals surface area contributed by atoms with Gasteiger partial charge < -0.3 is 4.90 Å². The maximum Gasteiger partial charge on any atom is 0.225 e. The van der Waals surface area contributed by atoms with Crippen molar-refractivity contribution >= 4 is 5.91 Å². The fraction of sp³-hybridized carbons (Fsp3) is 0.882. The molecule has 1 saturated heterocycles. The van der Waals surface area contributed by atoms with Crippen LogP contribution in [0.5, 0.6) is 0 Å². The Labute approximate surface area is 129 Å². The minimum atomic E-state index is 0.269. The standard InChI is InChI=1S/C17H29N3O/c1-2-3-4-15-5-7-16(8-6-15)17(21)20-13-11-19(10-9-18)12-14-20/h15-16H,2-8,10-14H2,1H3. The van der Waals surface area contributed by atoms with Crippen LogP contribution in [0.25, 0.3) is 0 Å². The van der Waals surface area contributed by atoms with E-state index >= 15 is 0 Å². The second kappa shape index (κ2) is 8.38. The summed E-state index contributed by atoms with van der Waals surface area (Å²) in [4.78, 5) is 16.7. The lowest BCUT2D eigenvalue weighted by atomic mass is 9.79. The van der Waals surface area contributed by atoms with Gasteiger partial charge in [0.1, 0.15) is 0 Å². The van der Waals surface area contributed by atoms with Crippen molar-refractivity contribution in [3.63, 3.8) is 0 Å². The molecule has 0 radical (unpaired) electrons.